The second-order valence-electron chi connectivity index (χ2n) is 10.4. The van der Waals surface area contributed by atoms with E-state index in [2.05, 4.69) is 39.8 Å². The van der Waals surface area contributed by atoms with Crippen LogP contribution in [0, 0.1) is 17.8 Å². The molecule has 6 atom stereocenters. The van der Waals surface area contributed by atoms with Crippen LogP contribution in [0.15, 0.2) is 0 Å². The van der Waals surface area contributed by atoms with Gasteiger partial charge in [0.2, 0.25) is 0 Å². The van der Waals surface area contributed by atoms with Crippen LogP contribution in [-0.2, 0) is 0 Å². The number of piperidine rings is 1. The van der Waals surface area contributed by atoms with Gasteiger partial charge in [-0.3, -0.25) is 20.7 Å². The molecular weight excluding hydrogens is 410 g/mol. The van der Waals surface area contributed by atoms with Crippen LogP contribution < -0.4 is 16.2 Å². The predicted octanol–water partition coefficient (Wildman–Crippen LogP) is 2.89. The first-order chi connectivity index (χ1) is 14.7. The van der Waals surface area contributed by atoms with Crippen molar-refractivity contribution in [3.63, 3.8) is 0 Å². The lowest BCUT2D eigenvalue weighted by atomic mass is 9.78. The van der Waals surface area contributed by atoms with Crippen LogP contribution >= 0.6 is 0 Å². The molecule has 4 aliphatic rings. The highest BCUT2D eigenvalue weighted by Gasteiger charge is 2.44. The second kappa shape index (κ2) is 9.79. The second-order valence-corrected chi connectivity index (χ2v) is 10.4. The van der Waals surface area contributed by atoms with Crippen LogP contribution in [0.5, 0.6) is 0 Å². The maximum Gasteiger partial charge on any atom is 0.393 e. The number of nitrogens with zero attached hydrogens (tertiary/aromatic N) is 2. The fourth-order valence-corrected chi connectivity index (χ4v) is 6.39. The zero-order chi connectivity index (χ0) is 22.2. The molecule has 0 aromatic carbocycles. The van der Waals surface area contributed by atoms with Crippen LogP contribution in [0.2, 0.25) is 0 Å². The highest BCUT2D eigenvalue weighted by atomic mass is 19.4. The highest BCUT2D eigenvalue weighted by molar-refractivity contribution is 4.96. The summed E-state index contributed by atoms with van der Waals surface area (Å²) in [5, 5.41) is 3.16. The van der Waals surface area contributed by atoms with E-state index in [9.17, 15) is 17.6 Å². The van der Waals surface area contributed by atoms with Crippen molar-refractivity contribution >= 4 is 0 Å². The molecule has 3 N–H and O–H groups in total. The minimum atomic E-state index is -4.10. The Hall–Kier alpha value is -0.480. The Bertz CT molecular complexity index is 563. The van der Waals surface area contributed by atoms with Crippen molar-refractivity contribution in [1.29, 1.82) is 0 Å². The summed E-state index contributed by atoms with van der Waals surface area (Å²) in [5.74, 6) is -0.184. The van der Waals surface area contributed by atoms with Crippen molar-refractivity contribution in [2.45, 2.75) is 89.0 Å². The lowest BCUT2D eigenvalue weighted by Crippen LogP contribution is -2.64. The first kappa shape index (κ1) is 23.7. The van der Waals surface area contributed by atoms with Gasteiger partial charge in [0.25, 0.3) is 0 Å². The molecule has 9 heteroatoms. The van der Waals surface area contributed by atoms with Crippen molar-refractivity contribution in [2.24, 2.45) is 17.8 Å². The Kier molecular flexibility index (Phi) is 7.48. The van der Waals surface area contributed by atoms with Gasteiger partial charge >= 0.3 is 6.18 Å². The molecule has 0 radical (unpaired) electrons. The van der Waals surface area contributed by atoms with Gasteiger partial charge in [-0.15, -0.1) is 0 Å². The fraction of sp³-hybridized carbons (Fsp3) is 1.00. The van der Waals surface area contributed by atoms with Gasteiger partial charge in [-0.25, -0.2) is 4.39 Å². The van der Waals surface area contributed by atoms with Gasteiger partial charge in [-0.05, 0) is 58.3 Å². The molecule has 3 heterocycles. The van der Waals surface area contributed by atoms with E-state index in [1.54, 1.807) is 0 Å². The zero-order valence-corrected chi connectivity index (χ0v) is 18.8. The molecule has 31 heavy (non-hydrogen) atoms. The highest BCUT2D eigenvalue weighted by Crippen LogP contribution is 2.35. The van der Waals surface area contributed by atoms with Crippen molar-refractivity contribution < 1.29 is 17.6 Å². The lowest BCUT2D eigenvalue weighted by Gasteiger charge is -2.49. The Labute approximate surface area is 183 Å². The van der Waals surface area contributed by atoms with Gasteiger partial charge in [-0.1, -0.05) is 0 Å². The summed E-state index contributed by atoms with van der Waals surface area (Å²) in [6.07, 6.45) is -0.618. The number of hydrazine groups is 1. The van der Waals surface area contributed by atoms with Crippen LogP contribution in [0.3, 0.4) is 0 Å². The van der Waals surface area contributed by atoms with Gasteiger partial charge in [0.1, 0.15) is 6.17 Å². The molecule has 0 amide bonds. The van der Waals surface area contributed by atoms with E-state index >= 15 is 0 Å². The number of hydrogen-bond donors (Lipinski definition) is 3. The van der Waals surface area contributed by atoms with E-state index < -0.39 is 18.3 Å². The first-order valence-corrected chi connectivity index (χ1v) is 12.1. The molecule has 6 unspecified atom stereocenters. The monoisotopic (exact) mass is 449 g/mol. The normalized spacial score (nSPS) is 43.9. The maximum absolute atomic E-state index is 13.6. The lowest BCUT2D eigenvalue weighted by molar-refractivity contribution is -0.182. The van der Waals surface area contributed by atoms with Gasteiger partial charge < -0.3 is 5.32 Å². The van der Waals surface area contributed by atoms with Crippen molar-refractivity contribution in [3.8, 4) is 0 Å². The molecule has 3 aliphatic heterocycles. The van der Waals surface area contributed by atoms with Gasteiger partial charge in [0, 0.05) is 56.8 Å². The van der Waals surface area contributed by atoms with E-state index in [0.29, 0.717) is 49.2 Å². The molecule has 3 saturated heterocycles. The summed E-state index contributed by atoms with van der Waals surface area (Å²) in [7, 11) is 0. The molecule has 1 aliphatic carbocycles. The smallest absolute Gasteiger partial charge is 0.301 e. The molecular formula is C22H39F4N5. The number of alkyl halides is 4. The molecule has 5 nitrogen and oxygen atoms in total. The molecule has 180 valence electrons. The summed E-state index contributed by atoms with van der Waals surface area (Å²) in [6, 6.07) is 1.10. The Morgan fingerprint density at radius 1 is 0.903 bits per heavy atom. The summed E-state index contributed by atoms with van der Waals surface area (Å²) < 4.78 is 52.5. The number of nitrogens with one attached hydrogen (secondary N) is 3. The van der Waals surface area contributed by atoms with Crippen LogP contribution in [0.4, 0.5) is 17.6 Å². The topological polar surface area (TPSA) is 42.6 Å². The van der Waals surface area contributed by atoms with Crippen LogP contribution in [0.25, 0.3) is 0 Å². The van der Waals surface area contributed by atoms with Crippen LogP contribution in [0.1, 0.15) is 52.4 Å². The maximum atomic E-state index is 13.6. The summed E-state index contributed by atoms with van der Waals surface area (Å²) in [5.41, 5.74) is 6.82. The number of hydrogen-bond acceptors (Lipinski definition) is 5. The summed E-state index contributed by atoms with van der Waals surface area (Å²) in [4.78, 5) is 4.93. The Balaban J connectivity index is 1.29. The van der Waals surface area contributed by atoms with Crippen molar-refractivity contribution in [2.75, 3.05) is 32.7 Å². The third kappa shape index (κ3) is 5.54. The number of rotatable bonds is 4. The average molecular weight is 450 g/mol. The number of halogens is 4. The summed E-state index contributed by atoms with van der Waals surface area (Å²) >= 11 is 0. The third-order valence-electron chi connectivity index (χ3n) is 8.22. The van der Waals surface area contributed by atoms with Gasteiger partial charge in [0.05, 0.1) is 12.1 Å². The quantitative estimate of drug-likeness (QED) is 0.576. The van der Waals surface area contributed by atoms with E-state index in [1.165, 1.54) is 0 Å². The summed E-state index contributed by atoms with van der Waals surface area (Å²) in [6.45, 7) is 8.20. The van der Waals surface area contributed by atoms with Crippen LogP contribution in [-0.4, -0.2) is 79.2 Å². The number of piperazine rings is 1. The third-order valence-corrected chi connectivity index (χ3v) is 8.22. The molecule has 0 aromatic heterocycles. The minimum Gasteiger partial charge on any atom is -0.301 e. The molecule has 1 saturated carbocycles. The van der Waals surface area contributed by atoms with E-state index in [0.717, 1.165) is 39.0 Å². The van der Waals surface area contributed by atoms with Gasteiger partial charge in [0.15, 0.2) is 0 Å². The zero-order valence-electron chi connectivity index (χ0n) is 18.8. The fourth-order valence-electron chi connectivity index (χ4n) is 6.39. The largest absolute Gasteiger partial charge is 0.393 e. The standard InChI is InChI=1S/C22H39F4N5/c1-14-11-30(20-8-5-18(10-27-20)22(24,25)26)12-15(2)31(14)13-17-9-28-29-21(17)16-3-6-19(23)7-4-16/h14-21,27-29H,3-13H2,1-2H3. The molecule has 4 fully saturated rings. The van der Waals surface area contributed by atoms with Crippen molar-refractivity contribution in [1.82, 2.24) is 26.0 Å². The minimum absolute atomic E-state index is 0.0271. The Morgan fingerprint density at radius 2 is 1.58 bits per heavy atom. The molecule has 0 spiro atoms. The molecule has 0 aromatic rings. The van der Waals surface area contributed by atoms with Gasteiger partial charge in [-0.2, -0.15) is 13.2 Å². The Morgan fingerprint density at radius 3 is 2.16 bits per heavy atom. The van der Waals surface area contributed by atoms with E-state index in [4.69, 9.17) is 0 Å². The molecule has 4 rings (SSSR count). The SMILES string of the molecule is CC1CN(C2CCC(C(F)(F)F)CN2)CC(C)N1CC1CNNC1C1CCC(F)CC1. The first-order valence-electron chi connectivity index (χ1n) is 12.1. The molecule has 0 bridgehead atoms. The van der Waals surface area contributed by atoms with Crippen molar-refractivity contribution in [3.05, 3.63) is 0 Å². The predicted molar refractivity (Wildman–Crippen MR) is 113 cm³/mol. The van der Waals surface area contributed by atoms with E-state index in [1.807, 2.05) is 0 Å². The average Bonchev–Trinajstić information content (AvgIpc) is 3.19. The van der Waals surface area contributed by atoms with E-state index in [-0.39, 0.29) is 19.1 Å².